The van der Waals surface area contributed by atoms with E-state index in [0.717, 1.165) is 12.8 Å². The predicted octanol–water partition coefficient (Wildman–Crippen LogP) is 2.69. The second kappa shape index (κ2) is 5.52. The lowest BCUT2D eigenvalue weighted by atomic mass is 9.86. The molecule has 110 valence electrons. The first-order valence-electron chi connectivity index (χ1n) is 7.10. The minimum absolute atomic E-state index is 0.0803. The summed E-state index contributed by atoms with van der Waals surface area (Å²) in [5.74, 6) is -0.349. The molecule has 20 heavy (non-hydrogen) atoms. The summed E-state index contributed by atoms with van der Waals surface area (Å²) in [7, 11) is 0. The van der Waals surface area contributed by atoms with Gasteiger partial charge in [0.05, 0.1) is 6.04 Å². The molecule has 0 bridgehead atoms. The van der Waals surface area contributed by atoms with Crippen molar-refractivity contribution < 1.29 is 9.18 Å². The largest absolute Gasteiger partial charge is 0.334 e. The Kier molecular flexibility index (Phi) is 4.14. The van der Waals surface area contributed by atoms with Crippen LogP contribution in [-0.4, -0.2) is 22.9 Å². The van der Waals surface area contributed by atoms with E-state index in [1.807, 2.05) is 20.8 Å². The Balaban J connectivity index is 2.16. The summed E-state index contributed by atoms with van der Waals surface area (Å²) in [6.45, 7) is 6.15. The SMILES string of the molecule is CC(C)(C)C(N)C(=O)N(Cc1ccccc1F)C1CC1. The van der Waals surface area contributed by atoms with Crippen LogP contribution in [0.15, 0.2) is 24.3 Å². The van der Waals surface area contributed by atoms with Gasteiger partial charge in [-0.25, -0.2) is 4.39 Å². The van der Waals surface area contributed by atoms with Gasteiger partial charge in [0.25, 0.3) is 0 Å². The number of hydrogen-bond donors (Lipinski definition) is 1. The van der Waals surface area contributed by atoms with Gasteiger partial charge in [-0.2, -0.15) is 0 Å². The van der Waals surface area contributed by atoms with Crippen molar-refractivity contribution in [2.24, 2.45) is 11.1 Å². The summed E-state index contributed by atoms with van der Waals surface area (Å²) in [5.41, 5.74) is 6.33. The lowest BCUT2D eigenvalue weighted by Gasteiger charge is -2.32. The first-order chi connectivity index (χ1) is 9.30. The van der Waals surface area contributed by atoms with Gasteiger partial charge in [-0.3, -0.25) is 4.79 Å². The third-order valence-corrected chi connectivity index (χ3v) is 3.77. The van der Waals surface area contributed by atoms with E-state index in [1.165, 1.54) is 6.07 Å². The number of rotatable bonds is 4. The summed E-state index contributed by atoms with van der Waals surface area (Å²) in [6.07, 6.45) is 1.97. The quantitative estimate of drug-likeness (QED) is 0.920. The molecule has 1 saturated carbocycles. The van der Waals surface area contributed by atoms with E-state index in [-0.39, 0.29) is 23.2 Å². The van der Waals surface area contributed by atoms with E-state index in [1.54, 1.807) is 23.1 Å². The Morgan fingerprint density at radius 1 is 1.40 bits per heavy atom. The second-order valence-corrected chi connectivity index (χ2v) is 6.63. The molecule has 1 aromatic rings. The first kappa shape index (κ1) is 15.0. The molecular formula is C16H23FN2O. The molecule has 0 radical (unpaired) electrons. The molecule has 0 spiro atoms. The van der Waals surface area contributed by atoms with Gasteiger partial charge in [0.2, 0.25) is 5.91 Å². The molecule has 0 aromatic heterocycles. The van der Waals surface area contributed by atoms with Crippen molar-refractivity contribution >= 4 is 5.91 Å². The molecule has 0 heterocycles. The van der Waals surface area contributed by atoms with Crippen LogP contribution in [0.1, 0.15) is 39.2 Å². The average Bonchev–Trinajstić information content (AvgIpc) is 3.19. The van der Waals surface area contributed by atoms with E-state index in [2.05, 4.69) is 0 Å². The van der Waals surface area contributed by atoms with Gasteiger partial charge in [-0.15, -0.1) is 0 Å². The molecule has 3 nitrogen and oxygen atoms in total. The van der Waals surface area contributed by atoms with Crippen molar-refractivity contribution in [1.29, 1.82) is 0 Å². The van der Waals surface area contributed by atoms with Crippen molar-refractivity contribution in [1.82, 2.24) is 4.90 Å². The maximum Gasteiger partial charge on any atom is 0.240 e. The molecule has 1 amide bonds. The molecule has 4 heteroatoms. The molecule has 1 aliphatic carbocycles. The number of amides is 1. The fraction of sp³-hybridized carbons (Fsp3) is 0.562. The normalized spacial score (nSPS) is 16.9. The Bertz CT molecular complexity index is 491. The average molecular weight is 278 g/mol. The second-order valence-electron chi connectivity index (χ2n) is 6.63. The van der Waals surface area contributed by atoms with Gasteiger partial charge in [0.1, 0.15) is 5.82 Å². The van der Waals surface area contributed by atoms with Crippen LogP contribution in [-0.2, 0) is 11.3 Å². The molecule has 0 aliphatic heterocycles. The first-order valence-corrected chi connectivity index (χ1v) is 7.10. The van der Waals surface area contributed by atoms with Crippen LogP contribution in [0.4, 0.5) is 4.39 Å². The van der Waals surface area contributed by atoms with Crippen molar-refractivity contribution in [3.8, 4) is 0 Å². The van der Waals surface area contributed by atoms with Crippen LogP contribution < -0.4 is 5.73 Å². The van der Waals surface area contributed by atoms with E-state index < -0.39 is 6.04 Å². The van der Waals surface area contributed by atoms with Gasteiger partial charge < -0.3 is 10.6 Å². The van der Waals surface area contributed by atoms with E-state index in [0.29, 0.717) is 12.1 Å². The topological polar surface area (TPSA) is 46.3 Å². The Morgan fingerprint density at radius 3 is 2.50 bits per heavy atom. The van der Waals surface area contributed by atoms with Gasteiger partial charge in [-0.05, 0) is 24.3 Å². The lowest BCUT2D eigenvalue weighted by Crippen LogP contribution is -2.50. The number of hydrogen-bond acceptors (Lipinski definition) is 2. The Morgan fingerprint density at radius 2 is 2.00 bits per heavy atom. The van der Waals surface area contributed by atoms with Crippen LogP contribution in [0.3, 0.4) is 0 Å². The predicted molar refractivity (Wildman–Crippen MR) is 77.4 cm³/mol. The van der Waals surface area contributed by atoms with Gasteiger partial charge >= 0.3 is 0 Å². The van der Waals surface area contributed by atoms with E-state index >= 15 is 0 Å². The summed E-state index contributed by atoms with van der Waals surface area (Å²) >= 11 is 0. The third-order valence-electron chi connectivity index (χ3n) is 3.77. The highest BCUT2D eigenvalue weighted by Crippen LogP contribution is 2.31. The number of carbonyl (C=O) groups is 1. The minimum atomic E-state index is -0.560. The smallest absolute Gasteiger partial charge is 0.240 e. The molecular weight excluding hydrogens is 255 g/mol. The zero-order valence-corrected chi connectivity index (χ0v) is 12.4. The van der Waals surface area contributed by atoms with E-state index in [9.17, 15) is 9.18 Å². The lowest BCUT2D eigenvalue weighted by molar-refractivity contribution is -0.136. The standard InChI is InChI=1S/C16H23FN2O/c1-16(2,3)14(18)15(20)19(12-8-9-12)10-11-6-4-5-7-13(11)17/h4-7,12,14H,8-10,18H2,1-3H3. The van der Waals surface area contributed by atoms with Crippen LogP contribution in [0.5, 0.6) is 0 Å². The highest BCUT2D eigenvalue weighted by molar-refractivity contribution is 5.83. The maximum atomic E-state index is 13.8. The van der Waals surface area contributed by atoms with Crippen molar-refractivity contribution in [2.45, 2.75) is 52.2 Å². The van der Waals surface area contributed by atoms with Crippen LogP contribution in [0.2, 0.25) is 0 Å². The maximum absolute atomic E-state index is 13.8. The monoisotopic (exact) mass is 278 g/mol. The fourth-order valence-electron chi connectivity index (χ4n) is 2.13. The Labute approximate surface area is 120 Å². The summed E-state index contributed by atoms with van der Waals surface area (Å²) in [4.78, 5) is 14.3. The van der Waals surface area contributed by atoms with Crippen LogP contribution >= 0.6 is 0 Å². The molecule has 1 aliphatic rings. The summed E-state index contributed by atoms with van der Waals surface area (Å²) in [6, 6.07) is 6.25. The number of carbonyl (C=O) groups excluding carboxylic acids is 1. The van der Waals surface area contributed by atoms with Crippen molar-refractivity contribution in [2.75, 3.05) is 0 Å². The van der Waals surface area contributed by atoms with Crippen molar-refractivity contribution in [3.63, 3.8) is 0 Å². The number of nitrogens with two attached hydrogens (primary N) is 1. The van der Waals surface area contributed by atoms with Crippen LogP contribution in [0, 0.1) is 11.2 Å². The summed E-state index contributed by atoms with van der Waals surface area (Å²) < 4.78 is 13.8. The third kappa shape index (κ3) is 3.37. The number of halogens is 1. The van der Waals surface area contributed by atoms with Crippen LogP contribution in [0.25, 0.3) is 0 Å². The number of nitrogens with zero attached hydrogens (tertiary/aromatic N) is 1. The Hall–Kier alpha value is -1.42. The fourth-order valence-corrected chi connectivity index (χ4v) is 2.13. The molecule has 1 unspecified atom stereocenters. The van der Waals surface area contributed by atoms with E-state index in [4.69, 9.17) is 5.73 Å². The zero-order chi connectivity index (χ0) is 14.9. The molecule has 1 fully saturated rings. The zero-order valence-electron chi connectivity index (χ0n) is 12.4. The molecule has 2 N–H and O–H groups in total. The highest BCUT2D eigenvalue weighted by Gasteiger charge is 2.38. The van der Waals surface area contributed by atoms with Gasteiger partial charge in [0.15, 0.2) is 0 Å². The summed E-state index contributed by atoms with van der Waals surface area (Å²) in [5, 5.41) is 0. The molecule has 0 saturated heterocycles. The van der Waals surface area contributed by atoms with Gasteiger partial charge in [-0.1, -0.05) is 39.0 Å². The van der Waals surface area contributed by atoms with Gasteiger partial charge in [0, 0.05) is 18.2 Å². The van der Waals surface area contributed by atoms with Crippen molar-refractivity contribution in [3.05, 3.63) is 35.6 Å². The molecule has 1 aromatic carbocycles. The highest BCUT2D eigenvalue weighted by atomic mass is 19.1. The number of benzene rings is 1. The molecule has 1 atom stereocenters. The minimum Gasteiger partial charge on any atom is -0.334 e. The molecule has 2 rings (SSSR count).